The second kappa shape index (κ2) is 5.51. The summed E-state index contributed by atoms with van der Waals surface area (Å²) in [5, 5.41) is 0. The molecule has 1 aliphatic heterocycles. The Morgan fingerprint density at radius 2 is 2.05 bits per heavy atom. The molecule has 21 heavy (non-hydrogen) atoms. The summed E-state index contributed by atoms with van der Waals surface area (Å²) >= 11 is 1.98. The van der Waals surface area contributed by atoms with E-state index in [1.807, 2.05) is 41.9 Å². The van der Waals surface area contributed by atoms with E-state index in [0.29, 0.717) is 11.4 Å². The molecule has 2 unspecified atom stereocenters. The van der Waals surface area contributed by atoms with Gasteiger partial charge in [0.2, 0.25) is 5.91 Å². The number of hydrogen-bond donors (Lipinski definition) is 0. The molecule has 2 atom stereocenters. The van der Waals surface area contributed by atoms with Gasteiger partial charge in [0.25, 0.3) is 0 Å². The molecule has 0 radical (unpaired) electrons. The van der Waals surface area contributed by atoms with Gasteiger partial charge in [-0.2, -0.15) is 0 Å². The monoisotopic (exact) mass is 393 g/mol. The van der Waals surface area contributed by atoms with Crippen LogP contribution in [0.2, 0.25) is 0 Å². The molecular formula is C15H12IN3O2. The number of benzene rings is 1. The second-order valence-electron chi connectivity index (χ2n) is 4.97. The minimum Gasteiger partial charge on any atom is -0.298 e. The van der Waals surface area contributed by atoms with Crippen molar-refractivity contribution in [1.29, 1.82) is 0 Å². The Kier molecular flexibility index (Phi) is 3.71. The van der Waals surface area contributed by atoms with E-state index in [2.05, 4.69) is 9.97 Å². The van der Waals surface area contributed by atoms with Crippen LogP contribution in [-0.2, 0) is 4.79 Å². The molecule has 106 valence electrons. The second-order valence-corrected chi connectivity index (χ2v) is 5.94. The Morgan fingerprint density at radius 1 is 1.33 bits per heavy atom. The molecule has 0 fully saturated rings. The topological polar surface area (TPSA) is 63.2 Å². The van der Waals surface area contributed by atoms with E-state index in [9.17, 15) is 9.59 Å². The lowest BCUT2D eigenvalue weighted by molar-refractivity contribution is -0.118. The van der Waals surface area contributed by atoms with E-state index in [0.717, 1.165) is 17.4 Å². The average molecular weight is 393 g/mol. The van der Waals surface area contributed by atoms with Gasteiger partial charge in [-0.3, -0.25) is 9.59 Å². The predicted octanol–water partition coefficient (Wildman–Crippen LogP) is 2.87. The minimum absolute atomic E-state index is 0.0114. The average Bonchev–Trinajstić information content (AvgIpc) is 2.79. The molecule has 6 heteroatoms. The van der Waals surface area contributed by atoms with Crippen molar-refractivity contribution in [3.05, 3.63) is 53.5 Å². The Hall–Kier alpha value is -1.83. The number of aldehydes is 1. The number of carbonyl (C=O) groups excluding carboxylic acids is 2. The van der Waals surface area contributed by atoms with Crippen molar-refractivity contribution in [2.45, 2.75) is 18.8 Å². The van der Waals surface area contributed by atoms with Crippen molar-refractivity contribution < 1.29 is 9.59 Å². The van der Waals surface area contributed by atoms with Crippen molar-refractivity contribution in [2.75, 3.05) is 3.11 Å². The molecule has 0 bridgehead atoms. The standard InChI is InChI=1S/C15H12IN3O2/c1-9(11-4-2-10(7-20)3-5-11)13-12-6-17-8-18-14(12)19(16)15(13)21/h2-9,13H,1H3. The highest BCUT2D eigenvalue weighted by molar-refractivity contribution is 14.1. The van der Waals surface area contributed by atoms with Gasteiger partial charge in [0.1, 0.15) is 12.6 Å². The Morgan fingerprint density at radius 3 is 2.71 bits per heavy atom. The van der Waals surface area contributed by atoms with Gasteiger partial charge in [0.15, 0.2) is 5.82 Å². The third kappa shape index (κ3) is 2.33. The molecule has 1 aliphatic rings. The maximum atomic E-state index is 12.5. The smallest absolute Gasteiger partial charge is 0.245 e. The third-order valence-electron chi connectivity index (χ3n) is 3.80. The highest BCUT2D eigenvalue weighted by atomic mass is 127. The van der Waals surface area contributed by atoms with Crippen LogP contribution in [0.5, 0.6) is 0 Å². The molecule has 1 aromatic heterocycles. The predicted molar refractivity (Wildman–Crippen MR) is 86.5 cm³/mol. The zero-order valence-corrected chi connectivity index (χ0v) is 13.4. The molecule has 3 rings (SSSR count). The Labute approximate surface area is 135 Å². The Balaban J connectivity index is 1.99. The van der Waals surface area contributed by atoms with Gasteiger partial charge in [0, 0.05) is 17.3 Å². The van der Waals surface area contributed by atoms with E-state index in [1.54, 1.807) is 21.4 Å². The van der Waals surface area contributed by atoms with Crippen LogP contribution in [-0.4, -0.2) is 22.2 Å². The summed E-state index contributed by atoms with van der Waals surface area (Å²) in [4.78, 5) is 31.4. The van der Waals surface area contributed by atoms with Crippen LogP contribution < -0.4 is 3.11 Å². The first-order valence-electron chi connectivity index (χ1n) is 6.48. The number of amides is 1. The first-order valence-corrected chi connectivity index (χ1v) is 7.44. The summed E-state index contributed by atoms with van der Waals surface area (Å²) < 4.78 is 1.55. The summed E-state index contributed by atoms with van der Waals surface area (Å²) in [6, 6.07) is 7.31. The summed E-state index contributed by atoms with van der Waals surface area (Å²) in [5.41, 5.74) is 2.49. The molecule has 2 aromatic rings. The highest BCUT2D eigenvalue weighted by Gasteiger charge is 2.41. The summed E-state index contributed by atoms with van der Waals surface area (Å²) in [7, 11) is 0. The van der Waals surface area contributed by atoms with Crippen molar-refractivity contribution in [1.82, 2.24) is 9.97 Å². The first kappa shape index (κ1) is 14.1. The molecule has 2 heterocycles. The summed E-state index contributed by atoms with van der Waals surface area (Å²) in [6.07, 6.45) is 3.97. The fraction of sp³-hybridized carbons (Fsp3) is 0.200. The molecule has 1 amide bonds. The van der Waals surface area contributed by atoms with Crippen LogP contribution >= 0.6 is 22.9 Å². The van der Waals surface area contributed by atoms with Crippen LogP contribution in [0.4, 0.5) is 5.82 Å². The number of rotatable bonds is 3. The molecule has 1 aromatic carbocycles. The van der Waals surface area contributed by atoms with Gasteiger partial charge in [-0.05, 0) is 11.5 Å². The van der Waals surface area contributed by atoms with E-state index in [1.165, 1.54) is 6.33 Å². The van der Waals surface area contributed by atoms with Gasteiger partial charge in [-0.1, -0.05) is 31.2 Å². The zero-order valence-electron chi connectivity index (χ0n) is 11.2. The summed E-state index contributed by atoms with van der Waals surface area (Å²) in [5.74, 6) is 0.373. The van der Waals surface area contributed by atoms with Gasteiger partial charge in [0.05, 0.1) is 28.8 Å². The Bertz CT molecular complexity index is 702. The molecule has 0 saturated carbocycles. The van der Waals surface area contributed by atoms with E-state index >= 15 is 0 Å². The van der Waals surface area contributed by atoms with Crippen molar-refractivity contribution in [2.24, 2.45) is 0 Å². The number of halogens is 1. The molecule has 0 saturated heterocycles. The SMILES string of the molecule is CC(c1ccc(C=O)cc1)C1C(=O)N(I)c2ncncc21. The molecule has 0 spiro atoms. The van der Waals surface area contributed by atoms with Crippen LogP contribution in [0.3, 0.4) is 0 Å². The molecular weight excluding hydrogens is 381 g/mol. The van der Waals surface area contributed by atoms with Gasteiger partial charge in [-0.15, -0.1) is 0 Å². The number of hydrogen-bond acceptors (Lipinski definition) is 4. The quantitative estimate of drug-likeness (QED) is 0.457. The highest BCUT2D eigenvalue weighted by Crippen LogP contribution is 2.44. The fourth-order valence-electron chi connectivity index (χ4n) is 2.63. The number of anilines is 1. The lowest BCUT2D eigenvalue weighted by Gasteiger charge is -2.18. The van der Waals surface area contributed by atoms with Crippen LogP contribution in [0.25, 0.3) is 0 Å². The molecule has 0 N–H and O–H groups in total. The number of aromatic nitrogens is 2. The lowest BCUT2D eigenvalue weighted by Crippen LogP contribution is -2.22. The normalized spacial score (nSPS) is 18.5. The molecule has 0 aliphatic carbocycles. The minimum atomic E-state index is -0.291. The van der Waals surface area contributed by atoms with E-state index in [-0.39, 0.29) is 17.7 Å². The molecule has 5 nitrogen and oxygen atoms in total. The fourth-order valence-corrected chi connectivity index (χ4v) is 3.33. The van der Waals surface area contributed by atoms with Crippen molar-refractivity contribution in [3.8, 4) is 0 Å². The first-order chi connectivity index (χ1) is 10.1. The number of fused-ring (bicyclic) bond motifs is 1. The van der Waals surface area contributed by atoms with Crippen molar-refractivity contribution in [3.63, 3.8) is 0 Å². The van der Waals surface area contributed by atoms with Gasteiger partial charge >= 0.3 is 0 Å². The number of nitrogens with zero attached hydrogens (tertiary/aromatic N) is 3. The van der Waals surface area contributed by atoms with Crippen LogP contribution in [0, 0.1) is 0 Å². The van der Waals surface area contributed by atoms with E-state index in [4.69, 9.17) is 0 Å². The van der Waals surface area contributed by atoms with E-state index < -0.39 is 0 Å². The van der Waals surface area contributed by atoms with Gasteiger partial charge in [-0.25, -0.2) is 13.1 Å². The third-order valence-corrected chi connectivity index (χ3v) is 4.73. The summed E-state index contributed by atoms with van der Waals surface area (Å²) in [6.45, 7) is 2.01. The largest absolute Gasteiger partial charge is 0.298 e. The maximum Gasteiger partial charge on any atom is 0.245 e. The lowest BCUT2D eigenvalue weighted by atomic mass is 9.84. The van der Waals surface area contributed by atoms with Crippen LogP contribution in [0.15, 0.2) is 36.8 Å². The zero-order chi connectivity index (χ0) is 15.0. The number of carbonyl (C=O) groups is 2. The van der Waals surface area contributed by atoms with Crippen molar-refractivity contribution >= 4 is 40.9 Å². The maximum absolute atomic E-state index is 12.5. The van der Waals surface area contributed by atoms with Crippen LogP contribution in [0.1, 0.15) is 40.2 Å². The van der Waals surface area contributed by atoms with Gasteiger partial charge < -0.3 is 0 Å².